The maximum Gasteiger partial charge on any atom is 0.248 e. The third kappa shape index (κ3) is 2.59. The Balaban J connectivity index is 1.70. The maximum atomic E-state index is 12.7. The van der Waals surface area contributed by atoms with Crippen LogP contribution in [0.2, 0.25) is 0 Å². The molecule has 100 valence electrons. The average Bonchev–Trinajstić information content (AvgIpc) is 2.33. The zero-order valence-electron chi connectivity index (χ0n) is 10.2. The van der Waals surface area contributed by atoms with Crippen LogP contribution in [-0.2, 0) is 0 Å². The maximum absolute atomic E-state index is 12.7. The SMILES string of the molecule is O=c1ccc2ccc(OCC3CC(F)(F)C3)cc2[nH]1. The molecule has 1 aromatic heterocycles. The van der Waals surface area contributed by atoms with Crippen molar-refractivity contribution in [1.82, 2.24) is 4.98 Å². The number of hydrogen-bond acceptors (Lipinski definition) is 2. The van der Waals surface area contributed by atoms with Gasteiger partial charge in [-0.05, 0) is 23.6 Å². The first kappa shape index (κ1) is 12.1. The molecule has 0 unspecified atom stereocenters. The number of rotatable bonds is 3. The molecule has 3 rings (SSSR count). The Morgan fingerprint density at radius 2 is 2.00 bits per heavy atom. The van der Waals surface area contributed by atoms with Gasteiger partial charge in [0.15, 0.2) is 0 Å². The molecule has 1 fully saturated rings. The first-order chi connectivity index (χ1) is 9.02. The topological polar surface area (TPSA) is 42.1 Å². The van der Waals surface area contributed by atoms with Crippen LogP contribution in [0.1, 0.15) is 12.8 Å². The van der Waals surface area contributed by atoms with Crippen LogP contribution in [0.4, 0.5) is 8.78 Å². The molecule has 3 nitrogen and oxygen atoms in total. The highest BCUT2D eigenvalue weighted by atomic mass is 19.3. The Bertz CT molecular complexity index is 658. The predicted octanol–water partition coefficient (Wildman–Crippen LogP) is 2.95. The second-order valence-corrected chi connectivity index (χ2v) is 5.01. The summed E-state index contributed by atoms with van der Waals surface area (Å²) in [4.78, 5) is 13.9. The molecule has 1 heterocycles. The van der Waals surface area contributed by atoms with E-state index in [0.29, 0.717) is 11.3 Å². The highest BCUT2D eigenvalue weighted by molar-refractivity contribution is 5.79. The molecule has 19 heavy (non-hydrogen) atoms. The van der Waals surface area contributed by atoms with Crippen LogP contribution in [0.5, 0.6) is 5.75 Å². The van der Waals surface area contributed by atoms with Crippen LogP contribution in [0.3, 0.4) is 0 Å². The molecule has 1 aliphatic carbocycles. The van der Waals surface area contributed by atoms with E-state index in [2.05, 4.69) is 4.98 Å². The average molecular weight is 265 g/mol. The number of aromatic amines is 1. The van der Waals surface area contributed by atoms with E-state index in [9.17, 15) is 13.6 Å². The summed E-state index contributed by atoms with van der Waals surface area (Å²) in [6, 6.07) is 8.50. The van der Waals surface area contributed by atoms with Crippen LogP contribution >= 0.6 is 0 Å². The first-order valence-electron chi connectivity index (χ1n) is 6.16. The molecule has 0 aliphatic heterocycles. The quantitative estimate of drug-likeness (QED) is 0.927. The fraction of sp³-hybridized carbons (Fsp3) is 0.357. The van der Waals surface area contributed by atoms with Crippen molar-refractivity contribution in [3.8, 4) is 5.75 Å². The van der Waals surface area contributed by atoms with Gasteiger partial charge in [0.2, 0.25) is 11.5 Å². The van der Waals surface area contributed by atoms with Gasteiger partial charge in [-0.2, -0.15) is 0 Å². The summed E-state index contributed by atoms with van der Waals surface area (Å²) < 4.78 is 30.8. The molecule has 1 aromatic carbocycles. The predicted molar refractivity (Wildman–Crippen MR) is 67.7 cm³/mol. The number of ether oxygens (including phenoxy) is 1. The number of H-pyrrole nitrogens is 1. The molecule has 1 N–H and O–H groups in total. The van der Waals surface area contributed by atoms with Gasteiger partial charge >= 0.3 is 0 Å². The smallest absolute Gasteiger partial charge is 0.248 e. The van der Waals surface area contributed by atoms with Crippen LogP contribution < -0.4 is 10.3 Å². The monoisotopic (exact) mass is 265 g/mol. The third-order valence-electron chi connectivity index (χ3n) is 3.36. The minimum absolute atomic E-state index is 0.0829. The summed E-state index contributed by atoms with van der Waals surface area (Å²) in [7, 11) is 0. The number of pyridine rings is 1. The van der Waals surface area contributed by atoms with E-state index < -0.39 is 5.92 Å². The van der Waals surface area contributed by atoms with Crippen molar-refractivity contribution in [2.24, 2.45) is 5.92 Å². The summed E-state index contributed by atoms with van der Waals surface area (Å²) in [6.45, 7) is 0.290. The van der Waals surface area contributed by atoms with Crippen molar-refractivity contribution in [3.63, 3.8) is 0 Å². The molecule has 0 radical (unpaired) electrons. The number of benzene rings is 1. The number of halogens is 2. The Kier molecular flexibility index (Phi) is 2.77. The molecule has 0 atom stereocenters. The zero-order valence-corrected chi connectivity index (χ0v) is 10.2. The van der Waals surface area contributed by atoms with E-state index in [1.807, 2.05) is 6.07 Å². The molecule has 1 saturated carbocycles. The molecule has 0 saturated heterocycles. The Morgan fingerprint density at radius 1 is 1.26 bits per heavy atom. The lowest BCUT2D eigenvalue weighted by Crippen LogP contribution is -2.38. The summed E-state index contributed by atoms with van der Waals surface area (Å²) in [5.74, 6) is -2.01. The third-order valence-corrected chi connectivity index (χ3v) is 3.36. The van der Waals surface area contributed by atoms with Gasteiger partial charge in [0.05, 0.1) is 12.1 Å². The van der Waals surface area contributed by atoms with E-state index in [-0.39, 0.29) is 30.9 Å². The van der Waals surface area contributed by atoms with Gasteiger partial charge in [-0.25, -0.2) is 8.78 Å². The Labute approximate surface area is 108 Å². The van der Waals surface area contributed by atoms with Gasteiger partial charge in [-0.15, -0.1) is 0 Å². The summed E-state index contributed by atoms with van der Waals surface area (Å²) >= 11 is 0. The van der Waals surface area contributed by atoms with Gasteiger partial charge in [0.25, 0.3) is 0 Å². The first-order valence-corrected chi connectivity index (χ1v) is 6.16. The number of alkyl halides is 2. The van der Waals surface area contributed by atoms with E-state index in [0.717, 1.165) is 5.39 Å². The van der Waals surface area contributed by atoms with Gasteiger partial charge in [-0.3, -0.25) is 4.79 Å². The van der Waals surface area contributed by atoms with Gasteiger partial charge in [-0.1, -0.05) is 0 Å². The van der Waals surface area contributed by atoms with Crippen molar-refractivity contribution >= 4 is 10.9 Å². The van der Waals surface area contributed by atoms with Gasteiger partial charge < -0.3 is 9.72 Å². The highest BCUT2D eigenvalue weighted by Gasteiger charge is 2.45. The lowest BCUT2D eigenvalue weighted by molar-refractivity contribution is -0.119. The molecule has 2 aromatic rings. The van der Waals surface area contributed by atoms with Crippen molar-refractivity contribution in [2.45, 2.75) is 18.8 Å². The molecule has 0 spiro atoms. The second kappa shape index (κ2) is 4.33. The lowest BCUT2D eigenvalue weighted by atomic mass is 9.82. The van der Waals surface area contributed by atoms with Crippen LogP contribution in [0.15, 0.2) is 35.1 Å². The van der Waals surface area contributed by atoms with Crippen LogP contribution in [-0.4, -0.2) is 17.5 Å². The fourth-order valence-corrected chi connectivity index (χ4v) is 2.34. The van der Waals surface area contributed by atoms with Gasteiger partial charge in [0, 0.05) is 30.9 Å². The molecular formula is C14H13F2NO2. The van der Waals surface area contributed by atoms with E-state index in [1.165, 1.54) is 6.07 Å². The normalized spacial score (nSPS) is 18.2. The minimum atomic E-state index is -2.51. The number of hydrogen-bond donors (Lipinski definition) is 1. The van der Waals surface area contributed by atoms with E-state index in [1.54, 1.807) is 18.2 Å². The highest BCUT2D eigenvalue weighted by Crippen LogP contribution is 2.42. The van der Waals surface area contributed by atoms with E-state index >= 15 is 0 Å². The second-order valence-electron chi connectivity index (χ2n) is 5.01. The summed E-state index contributed by atoms with van der Waals surface area (Å²) in [6.07, 6.45) is -0.200. The Morgan fingerprint density at radius 3 is 2.74 bits per heavy atom. The standard InChI is InChI=1S/C14H13F2NO2/c15-14(16)6-9(7-14)8-19-11-3-1-10-2-4-13(18)17-12(10)5-11/h1-5,9H,6-8H2,(H,17,18). The largest absolute Gasteiger partial charge is 0.493 e. The molecule has 5 heteroatoms. The molecular weight excluding hydrogens is 252 g/mol. The van der Waals surface area contributed by atoms with Crippen LogP contribution in [0.25, 0.3) is 10.9 Å². The number of nitrogens with one attached hydrogen (secondary N) is 1. The summed E-state index contributed by atoms with van der Waals surface area (Å²) in [5.41, 5.74) is 0.507. The fourth-order valence-electron chi connectivity index (χ4n) is 2.34. The van der Waals surface area contributed by atoms with E-state index in [4.69, 9.17) is 4.74 Å². The van der Waals surface area contributed by atoms with Gasteiger partial charge in [0.1, 0.15) is 5.75 Å². The molecule has 0 bridgehead atoms. The lowest BCUT2D eigenvalue weighted by Gasteiger charge is -2.34. The van der Waals surface area contributed by atoms with Crippen molar-refractivity contribution < 1.29 is 13.5 Å². The number of aromatic nitrogens is 1. The van der Waals surface area contributed by atoms with Crippen LogP contribution in [0, 0.1) is 5.92 Å². The Hall–Kier alpha value is -1.91. The van der Waals surface area contributed by atoms with Crippen molar-refractivity contribution in [1.29, 1.82) is 0 Å². The molecule has 1 aliphatic rings. The summed E-state index contributed by atoms with van der Waals surface area (Å²) in [5, 5.41) is 0.905. The zero-order chi connectivity index (χ0) is 13.5. The minimum Gasteiger partial charge on any atom is -0.493 e. The molecule has 0 amide bonds. The number of fused-ring (bicyclic) bond motifs is 1. The van der Waals surface area contributed by atoms with Crippen molar-refractivity contribution in [3.05, 3.63) is 40.7 Å². The van der Waals surface area contributed by atoms with Crippen molar-refractivity contribution in [2.75, 3.05) is 6.61 Å².